The quantitative estimate of drug-likeness (QED) is 0.359. The van der Waals surface area contributed by atoms with Gasteiger partial charge in [0, 0.05) is 0 Å². The second kappa shape index (κ2) is 6.21. The highest BCUT2D eigenvalue weighted by molar-refractivity contribution is 5.87. The van der Waals surface area contributed by atoms with E-state index in [4.69, 9.17) is 4.74 Å². The van der Waals surface area contributed by atoms with Crippen molar-refractivity contribution >= 4 is 11.7 Å². The molecule has 1 amide bonds. The van der Waals surface area contributed by atoms with Gasteiger partial charge >= 0.3 is 0 Å². The van der Waals surface area contributed by atoms with Gasteiger partial charge in [-0.05, 0) is 14.0 Å². The highest BCUT2D eigenvalue weighted by atomic mass is 16.6. The number of aliphatic hydroxyl groups is 3. The van der Waals surface area contributed by atoms with Gasteiger partial charge in [0.15, 0.2) is 12.4 Å². The Kier molecular flexibility index (Phi) is 5.17. The maximum atomic E-state index is 11.7. The van der Waals surface area contributed by atoms with E-state index in [0.29, 0.717) is 0 Å². The molecule has 104 valence electrons. The van der Waals surface area contributed by atoms with Crippen LogP contribution in [0.3, 0.4) is 0 Å². The maximum absolute atomic E-state index is 11.7. The Morgan fingerprint density at radius 3 is 2.33 bits per heavy atom. The standard InChI is InChI=1S/C10H18N2O6/c1-4(13)3-12-9(16)8-6(14)5(11-2)7(15)10(17)18-8/h5-8,10-11,14-15,17H,3H2,1-2H3,(H,12,16)/t5-,6+,7?,8?,10?/m0/s1. The van der Waals surface area contributed by atoms with Crippen molar-refractivity contribution in [2.24, 2.45) is 0 Å². The third-order valence-corrected chi connectivity index (χ3v) is 2.73. The summed E-state index contributed by atoms with van der Waals surface area (Å²) in [6, 6.07) is -0.901. The van der Waals surface area contributed by atoms with Crippen LogP contribution in [0.15, 0.2) is 0 Å². The van der Waals surface area contributed by atoms with E-state index in [0.717, 1.165) is 0 Å². The number of ketones is 1. The number of aliphatic hydroxyl groups excluding tert-OH is 3. The van der Waals surface area contributed by atoms with Gasteiger partial charge in [0.1, 0.15) is 18.0 Å². The smallest absolute Gasteiger partial charge is 0.252 e. The summed E-state index contributed by atoms with van der Waals surface area (Å²) in [7, 11) is 1.47. The number of likely N-dealkylation sites (N-methyl/N-ethyl adjacent to an activating group) is 1. The zero-order chi connectivity index (χ0) is 13.9. The van der Waals surface area contributed by atoms with Crippen molar-refractivity contribution in [3.8, 4) is 0 Å². The van der Waals surface area contributed by atoms with Crippen LogP contribution in [0.5, 0.6) is 0 Å². The minimum absolute atomic E-state index is 0.186. The van der Waals surface area contributed by atoms with Gasteiger partial charge in [-0.2, -0.15) is 0 Å². The number of nitrogens with one attached hydrogen (secondary N) is 2. The van der Waals surface area contributed by atoms with E-state index in [1.54, 1.807) is 0 Å². The summed E-state index contributed by atoms with van der Waals surface area (Å²) >= 11 is 0. The predicted molar refractivity (Wildman–Crippen MR) is 59.4 cm³/mol. The molecule has 3 unspecified atom stereocenters. The second-order valence-corrected chi connectivity index (χ2v) is 4.16. The summed E-state index contributed by atoms with van der Waals surface area (Å²) in [5.41, 5.74) is 0. The zero-order valence-electron chi connectivity index (χ0n) is 10.2. The van der Waals surface area contributed by atoms with Gasteiger partial charge in [-0.15, -0.1) is 0 Å². The number of carbonyl (C=O) groups excluding carboxylic acids is 2. The molecule has 0 saturated carbocycles. The molecule has 1 aliphatic heterocycles. The molecule has 1 heterocycles. The van der Waals surface area contributed by atoms with E-state index in [1.807, 2.05) is 0 Å². The fourth-order valence-corrected chi connectivity index (χ4v) is 1.75. The van der Waals surface area contributed by atoms with Crippen molar-refractivity contribution in [3.63, 3.8) is 0 Å². The topological polar surface area (TPSA) is 128 Å². The molecule has 1 aliphatic rings. The molecule has 8 heteroatoms. The average Bonchev–Trinajstić information content (AvgIpc) is 2.31. The van der Waals surface area contributed by atoms with Crippen LogP contribution in [0.1, 0.15) is 6.92 Å². The number of hydrogen-bond acceptors (Lipinski definition) is 7. The van der Waals surface area contributed by atoms with Crippen LogP contribution >= 0.6 is 0 Å². The lowest BCUT2D eigenvalue weighted by molar-refractivity contribution is -0.251. The molecule has 18 heavy (non-hydrogen) atoms. The summed E-state index contributed by atoms with van der Waals surface area (Å²) in [5, 5.41) is 33.7. The Hall–Kier alpha value is -1.06. The van der Waals surface area contributed by atoms with Crippen molar-refractivity contribution in [2.45, 2.75) is 37.6 Å². The van der Waals surface area contributed by atoms with Gasteiger partial charge in [0.25, 0.3) is 5.91 Å². The lowest BCUT2D eigenvalue weighted by atomic mass is 9.95. The number of ether oxygens (including phenoxy) is 1. The van der Waals surface area contributed by atoms with Crippen molar-refractivity contribution < 1.29 is 29.6 Å². The number of Topliss-reactive ketones (excluding diaryl/α,β-unsaturated/α-hetero) is 1. The SMILES string of the molecule is CN[C@@H]1C(O)C(O)OC(C(=O)NCC(C)=O)[C@@H]1O. The van der Waals surface area contributed by atoms with Crippen molar-refractivity contribution in [1.82, 2.24) is 10.6 Å². The fourth-order valence-electron chi connectivity index (χ4n) is 1.75. The molecule has 1 fully saturated rings. The molecular formula is C10H18N2O6. The number of amides is 1. The van der Waals surface area contributed by atoms with E-state index < -0.39 is 36.6 Å². The van der Waals surface area contributed by atoms with Crippen LogP contribution in [0.25, 0.3) is 0 Å². The average molecular weight is 262 g/mol. The largest absolute Gasteiger partial charge is 0.388 e. The van der Waals surface area contributed by atoms with Crippen molar-refractivity contribution in [3.05, 3.63) is 0 Å². The molecule has 5 atom stereocenters. The minimum atomic E-state index is -1.58. The normalized spacial score (nSPS) is 36.2. The monoisotopic (exact) mass is 262 g/mol. The first-order valence-electron chi connectivity index (χ1n) is 5.52. The first-order valence-corrected chi connectivity index (χ1v) is 5.52. The lowest BCUT2D eigenvalue weighted by Gasteiger charge is -2.39. The maximum Gasteiger partial charge on any atom is 0.252 e. The molecule has 0 aliphatic carbocycles. The van der Waals surface area contributed by atoms with Gasteiger partial charge < -0.3 is 30.7 Å². The molecule has 8 nitrogen and oxygen atoms in total. The molecule has 0 spiro atoms. The molecule has 1 saturated heterocycles. The van der Waals surface area contributed by atoms with Crippen molar-refractivity contribution in [2.75, 3.05) is 13.6 Å². The third-order valence-electron chi connectivity index (χ3n) is 2.73. The molecule has 0 aromatic heterocycles. The summed E-state index contributed by atoms with van der Waals surface area (Å²) in [6.07, 6.45) is -5.61. The summed E-state index contributed by atoms with van der Waals surface area (Å²) in [5.74, 6) is -0.969. The Labute approximate surface area is 104 Å². The van der Waals surface area contributed by atoms with Gasteiger partial charge in [-0.25, -0.2) is 0 Å². The van der Waals surface area contributed by atoms with E-state index >= 15 is 0 Å². The number of hydrogen-bond donors (Lipinski definition) is 5. The first kappa shape index (κ1) is 15.0. The highest BCUT2D eigenvalue weighted by Crippen LogP contribution is 2.19. The van der Waals surface area contributed by atoms with E-state index in [9.17, 15) is 24.9 Å². The van der Waals surface area contributed by atoms with Gasteiger partial charge in [-0.1, -0.05) is 0 Å². The molecule has 1 rings (SSSR count). The Morgan fingerprint density at radius 1 is 1.22 bits per heavy atom. The lowest BCUT2D eigenvalue weighted by Crippen LogP contribution is -2.65. The third kappa shape index (κ3) is 3.24. The van der Waals surface area contributed by atoms with Gasteiger partial charge in [0.2, 0.25) is 0 Å². The Bertz CT molecular complexity index is 323. The molecule has 0 aromatic rings. The summed E-state index contributed by atoms with van der Waals surface area (Å²) < 4.78 is 4.83. The zero-order valence-corrected chi connectivity index (χ0v) is 10.2. The van der Waals surface area contributed by atoms with Crippen LogP contribution in [-0.2, 0) is 14.3 Å². The number of rotatable bonds is 4. The van der Waals surface area contributed by atoms with Crippen molar-refractivity contribution in [1.29, 1.82) is 0 Å². The Balaban J connectivity index is 2.70. The molecule has 0 bridgehead atoms. The minimum Gasteiger partial charge on any atom is -0.388 e. The predicted octanol–water partition coefficient (Wildman–Crippen LogP) is -3.28. The summed E-state index contributed by atoms with van der Waals surface area (Å²) in [6.45, 7) is 1.11. The highest BCUT2D eigenvalue weighted by Gasteiger charge is 2.46. The van der Waals surface area contributed by atoms with E-state index in [2.05, 4.69) is 10.6 Å². The van der Waals surface area contributed by atoms with Crippen LogP contribution in [0.2, 0.25) is 0 Å². The molecule has 0 aromatic carbocycles. The number of carbonyl (C=O) groups is 2. The van der Waals surface area contributed by atoms with E-state index in [1.165, 1.54) is 14.0 Å². The van der Waals surface area contributed by atoms with Gasteiger partial charge in [0.05, 0.1) is 12.6 Å². The van der Waals surface area contributed by atoms with Crippen LogP contribution in [-0.4, -0.2) is 71.2 Å². The van der Waals surface area contributed by atoms with Gasteiger partial charge in [-0.3, -0.25) is 9.59 Å². The van der Waals surface area contributed by atoms with Crippen LogP contribution in [0.4, 0.5) is 0 Å². The van der Waals surface area contributed by atoms with E-state index in [-0.39, 0.29) is 12.3 Å². The van der Waals surface area contributed by atoms with Crippen LogP contribution in [0, 0.1) is 0 Å². The van der Waals surface area contributed by atoms with Crippen LogP contribution < -0.4 is 10.6 Å². The molecule has 0 radical (unpaired) electrons. The molecule has 5 N–H and O–H groups in total. The second-order valence-electron chi connectivity index (χ2n) is 4.16. The first-order chi connectivity index (χ1) is 8.38. The fraction of sp³-hybridized carbons (Fsp3) is 0.800. The summed E-state index contributed by atoms with van der Waals surface area (Å²) in [4.78, 5) is 22.4. The Morgan fingerprint density at radius 2 is 1.83 bits per heavy atom. The molecular weight excluding hydrogens is 244 g/mol.